The molecule has 0 saturated heterocycles. The van der Waals surface area contributed by atoms with Gasteiger partial charge in [-0.3, -0.25) is 9.59 Å². The van der Waals surface area contributed by atoms with E-state index in [2.05, 4.69) is 4.98 Å². The number of pyridine rings is 1. The van der Waals surface area contributed by atoms with Gasteiger partial charge in [-0.05, 0) is 24.6 Å². The number of carbonyl (C=O) groups is 2. The lowest BCUT2D eigenvalue weighted by Crippen LogP contribution is -2.16. The van der Waals surface area contributed by atoms with Gasteiger partial charge in [0.05, 0.1) is 12.3 Å². The molecule has 6 heteroatoms. The van der Waals surface area contributed by atoms with Crippen LogP contribution in [0.25, 0.3) is 0 Å². The molecule has 0 fully saturated rings. The van der Waals surface area contributed by atoms with Gasteiger partial charge in [-0.1, -0.05) is 11.6 Å². The minimum Gasteiger partial charge on any atom is -0.481 e. The Labute approximate surface area is 96.7 Å². The summed E-state index contributed by atoms with van der Waals surface area (Å²) in [4.78, 5) is 25.4. The summed E-state index contributed by atoms with van der Waals surface area (Å²) in [7, 11) is 0. The van der Waals surface area contributed by atoms with Crippen molar-refractivity contribution < 1.29 is 19.8 Å². The first kappa shape index (κ1) is 12.4. The lowest BCUT2D eigenvalue weighted by Gasteiger charge is -2.11. The predicted octanol–water partition coefficient (Wildman–Crippen LogP) is 1.69. The number of carboxylic acids is 2. The fourth-order valence-corrected chi connectivity index (χ4v) is 1.64. The van der Waals surface area contributed by atoms with Gasteiger partial charge in [0.15, 0.2) is 0 Å². The van der Waals surface area contributed by atoms with Crippen LogP contribution in [0.1, 0.15) is 23.6 Å². The Morgan fingerprint density at radius 2 is 2.06 bits per heavy atom. The van der Waals surface area contributed by atoms with Crippen molar-refractivity contribution >= 4 is 23.5 Å². The third-order valence-corrected chi connectivity index (χ3v) is 2.22. The van der Waals surface area contributed by atoms with Gasteiger partial charge in [0.2, 0.25) is 0 Å². The van der Waals surface area contributed by atoms with E-state index < -0.39 is 24.3 Å². The molecule has 86 valence electrons. The van der Waals surface area contributed by atoms with E-state index in [1.54, 1.807) is 6.92 Å². The molecule has 0 aromatic carbocycles. The molecule has 0 bridgehead atoms. The summed E-state index contributed by atoms with van der Waals surface area (Å²) >= 11 is 5.68. The minimum absolute atomic E-state index is 0.159. The van der Waals surface area contributed by atoms with Crippen molar-refractivity contribution in [1.29, 1.82) is 0 Å². The fraction of sp³-hybridized carbons (Fsp3) is 0.300. The Hall–Kier alpha value is -1.62. The molecule has 0 aliphatic rings. The van der Waals surface area contributed by atoms with Gasteiger partial charge < -0.3 is 10.2 Å². The van der Waals surface area contributed by atoms with Gasteiger partial charge in [0.1, 0.15) is 5.15 Å². The van der Waals surface area contributed by atoms with Crippen LogP contribution in [0.4, 0.5) is 0 Å². The van der Waals surface area contributed by atoms with Gasteiger partial charge in [-0.15, -0.1) is 0 Å². The normalized spacial score (nSPS) is 12.1. The van der Waals surface area contributed by atoms with Crippen molar-refractivity contribution in [2.24, 2.45) is 0 Å². The first-order valence-electron chi connectivity index (χ1n) is 4.49. The molecule has 0 amide bonds. The lowest BCUT2D eigenvalue weighted by atomic mass is 9.96. The van der Waals surface area contributed by atoms with Crippen LogP contribution in [0, 0.1) is 6.92 Å². The quantitative estimate of drug-likeness (QED) is 0.786. The second kappa shape index (κ2) is 4.94. The summed E-state index contributed by atoms with van der Waals surface area (Å²) < 4.78 is 0. The molecule has 0 radical (unpaired) electrons. The van der Waals surface area contributed by atoms with E-state index >= 15 is 0 Å². The maximum Gasteiger partial charge on any atom is 0.311 e. The van der Waals surface area contributed by atoms with E-state index in [0.717, 1.165) is 0 Å². The first-order chi connectivity index (χ1) is 7.40. The third kappa shape index (κ3) is 3.20. The molecule has 0 aliphatic carbocycles. The van der Waals surface area contributed by atoms with Crippen LogP contribution >= 0.6 is 11.6 Å². The number of carboxylic acid groups (broad SMARTS) is 2. The zero-order chi connectivity index (χ0) is 12.3. The van der Waals surface area contributed by atoms with Crippen LogP contribution < -0.4 is 0 Å². The Morgan fingerprint density at radius 3 is 2.50 bits per heavy atom. The highest BCUT2D eigenvalue weighted by Crippen LogP contribution is 2.23. The SMILES string of the molecule is Cc1cc(C(CC(=O)O)C(=O)O)cc(Cl)n1. The number of hydrogen-bond donors (Lipinski definition) is 2. The molecule has 0 aliphatic heterocycles. The second-order valence-corrected chi connectivity index (χ2v) is 3.74. The van der Waals surface area contributed by atoms with E-state index in [4.69, 9.17) is 21.8 Å². The van der Waals surface area contributed by atoms with Gasteiger partial charge in [0, 0.05) is 5.69 Å². The number of aromatic nitrogens is 1. The number of nitrogens with zero attached hydrogens (tertiary/aromatic N) is 1. The van der Waals surface area contributed by atoms with Crippen LogP contribution in [0.5, 0.6) is 0 Å². The smallest absolute Gasteiger partial charge is 0.311 e. The third-order valence-electron chi connectivity index (χ3n) is 2.02. The standard InChI is InChI=1S/C10H10ClNO4/c1-5-2-6(3-8(11)12-5)7(10(15)16)4-9(13)14/h2-3,7H,4H2,1H3,(H,13,14)(H,15,16). The van der Waals surface area contributed by atoms with Gasteiger partial charge in [-0.2, -0.15) is 0 Å². The first-order valence-corrected chi connectivity index (χ1v) is 4.86. The van der Waals surface area contributed by atoms with Crippen molar-refractivity contribution in [3.63, 3.8) is 0 Å². The highest BCUT2D eigenvalue weighted by Gasteiger charge is 2.23. The van der Waals surface area contributed by atoms with E-state index in [1.165, 1.54) is 12.1 Å². The van der Waals surface area contributed by atoms with Crippen LogP contribution in [-0.2, 0) is 9.59 Å². The summed E-state index contributed by atoms with van der Waals surface area (Å²) in [6.45, 7) is 1.66. The molecule has 0 spiro atoms. The topological polar surface area (TPSA) is 87.5 Å². The van der Waals surface area contributed by atoms with E-state index in [1.807, 2.05) is 0 Å². The average Bonchev–Trinajstić information content (AvgIpc) is 2.11. The van der Waals surface area contributed by atoms with Crippen LogP contribution in [0.15, 0.2) is 12.1 Å². The summed E-state index contributed by atoms with van der Waals surface area (Å²) in [5.74, 6) is -3.46. The van der Waals surface area contributed by atoms with Gasteiger partial charge in [-0.25, -0.2) is 4.98 Å². The van der Waals surface area contributed by atoms with Crippen LogP contribution in [-0.4, -0.2) is 27.1 Å². The molecule has 5 nitrogen and oxygen atoms in total. The number of halogens is 1. The largest absolute Gasteiger partial charge is 0.481 e. The molecule has 2 N–H and O–H groups in total. The monoisotopic (exact) mass is 243 g/mol. The van der Waals surface area contributed by atoms with Crippen molar-refractivity contribution in [3.8, 4) is 0 Å². The molecule has 1 rings (SSSR count). The predicted molar refractivity (Wildman–Crippen MR) is 56.6 cm³/mol. The zero-order valence-electron chi connectivity index (χ0n) is 8.48. The number of aliphatic carboxylic acids is 2. The Morgan fingerprint density at radius 1 is 1.44 bits per heavy atom. The average molecular weight is 244 g/mol. The molecular formula is C10H10ClNO4. The van der Waals surface area contributed by atoms with Crippen molar-refractivity contribution in [2.45, 2.75) is 19.3 Å². The second-order valence-electron chi connectivity index (χ2n) is 3.35. The summed E-state index contributed by atoms with van der Waals surface area (Å²) in [6, 6.07) is 2.89. The molecule has 1 heterocycles. The van der Waals surface area contributed by atoms with E-state index in [9.17, 15) is 9.59 Å². The van der Waals surface area contributed by atoms with E-state index in [0.29, 0.717) is 11.3 Å². The van der Waals surface area contributed by atoms with Gasteiger partial charge >= 0.3 is 11.9 Å². The van der Waals surface area contributed by atoms with Gasteiger partial charge in [0.25, 0.3) is 0 Å². The minimum atomic E-state index is -1.19. The zero-order valence-corrected chi connectivity index (χ0v) is 9.23. The Kier molecular flexibility index (Phi) is 3.84. The highest BCUT2D eigenvalue weighted by molar-refractivity contribution is 6.29. The van der Waals surface area contributed by atoms with Crippen LogP contribution in [0.3, 0.4) is 0 Å². The molecule has 1 atom stereocenters. The number of hydrogen-bond acceptors (Lipinski definition) is 3. The maximum atomic E-state index is 10.9. The number of aryl methyl sites for hydroxylation is 1. The molecule has 16 heavy (non-hydrogen) atoms. The molecule has 0 saturated carbocycles. The Bertz CT molecular complexity index is 413. The Balaban J connectivity index is 3.10. The molecular weight excluding hydrogens is 234 g/mol. The lowest BCUT2D eigenvalue weighted by molar-refractivity contribution is -0.145. The highest BCUT2D eigenvalue weighted by atomic mass is 35.5. The molecule has 1 aromatic heterocycles. The summed E-state index contributed by atoms with van der Waals surface area (Å²) in [5.41, 5.74) is 0.909. The fourth-order valence-electron chi connectivity index (χ4n) is 1.38. The summed E-state index contributed by atoms with van der Waals surface area (Å²) in [5, 5.41) is 17.7. The van der Waals surface area contributed by atoms with Crippen LogP contribution in [0.2, 0.25) is 5.15 Å². The number of rotatable bonds is 4. The van der Waals surface area contributed by atoms with Crippen molar-refractivity contribution in [2.75, 3.05) is 0 Å². The van der Waals surface area contributed by atoms with E-state index in [-0.39, 0.29) is 5.15 Å². The van der Waals surface area contributed by atoms with Crippen molar-refractivity contribution in [1.82, 2.24) is 4.98 Å². The molecule has 1 aromatic rings. The summed E-state index contributed by atoms with van der Waals surface area (Å²) in [6.07, 6.45) is -0.477. The molecule has 1 unspecified atom stereocenters. The maximum absolute atomic E-state index is 10.9. The van der Waals surface area contributed by atoms with Crippen molar-refractivity contribution in [3.05, 3.63) is 28.5 Å².